The summed E-state index contributed by atoms with van der Waals surface area (Å²) in [5, 5.41) is 4.00. The average molecular weight is 438 g/mol. The highest BCUT2D eigenvalue weighted by Gasteiger charge is 2.41. The van der Waals surface area contributed by atoms with Crippen LogP contribution in [-0.2, 0) is 14.3 Å². The van der Waals surface area contributed by atoms with Crippen LogP contribution in [0.2, 0.25) is 5.02 Å². The van der Waals surface area contributed by atoms with Crippen molar-refractivity contribution in [2.45, 2.75) is 31.6 Å². The van der Waals surface area contributed by atoms with E-state index in [4.69, 9.17) is 21.1 Å². The van der Waals surface area contributed by atoms with Crippen molar-refractivity contribution in [2.24, 2.45) is 0 Å². The SMILES string of the molecule is COC(=O)C1=C(C)NC2=C(C(=O)C[C@H](c3ccc(Cl)cc3)C2)[C@@H]1c1ccc(OC)cc1. The van der Waals surface area contributed by atoms with Crippen LogP contribution in [0.3, 0.4) is 0 Å². The molecule has 31 heavy (non-hydrogen) atoms. The smallest absolute Gasteiger partial charge is 0.336 e. The molecule has 0 fully saturated rings. The summed E-state index contributed by atoms with van der Waals surface area (Å²) in [5.74, 6) is -0.119. The maximum absolute atomic E-state index is 13.4. The second kappa shape index (κ2) is 8.60. The van der Waals surface area contributed by atoms with Gasteiger partial charge in [-0.25, -0.2) is 4.79 Å². The number of rotatable bonds is 4. The van der Waals surface area contributed by atoms with E-state index in [9.17, 15) is 9.59 Å². The summed E-state index contributed by atoms with van der Waals surface area (Å²) in [4.78, 5) is 26.1. The molecule has 1 heterocycles. The summed E-state index contributed by atoms with van der Waals surface area (Å²) in [6.45, 7) is 1.85. The van der Waals surface area contributed by atoms with Gasteiger partial charge in [0.2, 0.25) is 0 Å². The minimum atomic E-state index is -0.478. The number of nitrogens with one attached hydrogen (secondary N) is 1. The van der Waals surface area contributed by atoms with Crippen molar-refractivity contribution >= 4 is 23.4 Å². The minimum absolute atomic E-state index is 0.0309. The van der Waals surface area contributed by atoms with E-state index in [0.29, 0.717) is 40.5 Å². The molecule has 1 aliphatic heterocycles. The third-order valence-corrected chi connectivity index (χ3v) is 6.28. The molecule has 160 valence electrons. The normalized spacial score (nSPS) is 20.8. The van der Waals surface area contributed by atoms with Crippen LogP contribution in [-0.4, -0.2) is 26.0 Å². The Morgan fingerprint density at radius 2 is 1.65 bits per heavy atom. The number of halogens is 1. The highest BCUT2D eigenvalue weighted by atomic mass is 35.5. The van der Waals surface area contributed by atoms with Crippen LogP contribution in [0.15, 0.2) is 71.1 Å². The summed E-state index contributed by atoms with van der Waals surface area (Å²) in [6, 6.07) is 15.1. The second-order valence-electron chi connectivity index (χ2n) is 7.83. The van der Waals surface area contributed by atoms with Crippen molar-refractivity contribution in [1.29, 1.82) is 0 Å². The van der Waals surface area contributed by atoms with Crippen molar-refractivity contribution in [2.75, 3.05) is 14.2 Å². The Balaban J connectivity index is 1.78. The largest absolute Gasteiger partial charge is 0.497 e. The van der Waals surface area contributed by atoms with Crippen molar-refractivity contribution in [3.63, 3.8) is 0 Å². The van der Waals surface area contributed by atoms with Crippen LogP contribution in [0, 0.1) is 0 Å². The molecular weight excluding hydrogens is 414 g/mol. The van der Waals surface area contributed by atoms with Crippen molar-refractivity contribution < 1.29 is 19.1 Å². The Kier molecular flexibility index (Phi) is 5.88. The molecule has 0 aromatic heterocycles. The molecule has 0 amide bonds. The van der Waals surface area contributed by atoms with E-state index in [2.05, 4.69) is 5.32 Å². The van der Waals surface area contributed by atoms with Gasteiger partial charge in [-0.15, -0.1) is 0 Å². The number of hydrogen-bond acceptors (Lipinski definition) is 5. The number of esters is 1. The van der Waals surface area contributed by atoms with Gasteiger partial charge < -0.3 is 14.8 Å². The van der Waals surface area contributed by atoms with Crippen molar-refractivity contribution in [3.05, 3.63) is 87.2 Å². The van der Waals surface area contributed by atoms with E-state index in [-0.39, 0.29) is 11.7 Å². The highest BCUT2D eigenvalue weighted by Crippen LogP contribution is 2.45. The number of benzene rings is 2. The molecule has 0 bridgehead atoms. The van der Waals surface area contributed by atoms with Gasteiger partial charge in [0, 0.05) is 34.3 Å². The van der Waals surface area contributed by atoms with E-state index < -0.39 is 11.9 Å². The first-order chi connectivity index (χ1) is 14.9. The predicted octanol–water partition coefficient (Wildman–Crippen LogP) is 4.88. The Bertz CT molecular complexity index is 1080. The summed E-state index contributed by atoms with van der Waals surface area (Å²) in [6.07, 6.45) is 1.06. The lowest BCUT2D eigenvalue weighted by Gasteiger charge is -2.36. The number of dihydropyridines is 1. The molecule has 5 nitrogen and oxygen atoms in total. The number of allylic oxidation sites excluding steroid dienone is 3. The van der Waals surface area contributed by atoms with E-state index >= 15 is 0 Å². The maximum atomic E-state index is 13.4. The monoisotopic (exact) mass is 437 g/mol. The van der Waals surface area contributed by atoms with Crippen molar-refractivity contribution in [3.8, 4) is 5.75 Å². The zero-order valence-electron chi connectivity index (χ0n) is 17.7. The van der Waals surface area contributed by atoms with Gasteiger partial charge in [0.15, 0.2) is 5.78 Å². The lowest BCUT2D eigenvalue weighted by Crippen LogP contribution is -2.36. The fourth-order valence-electron chi connectivity index (χ4n) is 4.52. The van der Waals surface area contributed by atoms with Crippen LogP contribution in [0.5, 0.6) is 5.75 Å². The van der Waals surface area contributed by atoms with Gasteiger partial charge in [-0.3, -0.25) is 4.79 Å². The van der Waals surface area contributed by atoms with Crippen molar-refractivity contribution in [1.82, 2.24) is 5.32 Å². The summed E-state index contributed by atoms with van der Waals surface area (Å²) in [5.41, 5.74) is 4.60. The standard InChI is InChI=1S/C25H24ClNO4/c1-14-22(25(29)31-3)23(16-6-10-19(30-2)11-7-16)24-20(27-14)12-17(13-21(24)28)15-4-8-18(26)9-5-15/h4-11,17,23,27H,12-13H2,1-3H3/t17-,23-/m1/s1. The first kappa shape index (κ1) is 21.2. The molecule has 0 saturated heterocycles. The van der Waals surface area contributed by atoms with Gasteiger partial charge in [-0.05, 0) is 54.7 Å². The Hall–Kier alpha value is -3.05. The fraction of sp³-hybridized carbons (Fsp3) is 0.280. The van der Waals surface area contributed by atoms with Crippen LogP contribution >= 0.6 is 11.6 Å². The fourth-order valence-corrected chi connectivity index (χ4v) is 4.65. The van der Waals surface area contributed by atoms with Gasteiger partial charge >= 0.3 is 5.97 Å². The molecule has 0 saturated carbocycles. The quantitative estimate of drug-likeness (QED) is 0.690. The minimum Gasteiger partial charge on any atom is -0.497 e. The highest BCUT2D eigenvalue weighted by molar-refractivity contribution is 6.30. The van der Waals surface area contributed by atoms with Crippen LogP contribution in [0.1, 0.15) is 42.7 Å². The first-order valence-electron chi connectivity index (χ1n) is 10.1. The van der Waals surface area contributed by atoms with Gasteiger partial charge in [0.05, 0.1) is 19.8 Å². The Labute approximate surface area is 186 Å². The molecule has 2 aliphatic rings. The number of ether oxygens (including phenoxy) is 2. The molecule has 0 spiro atoms. The third kappa shape index (κ3) is 3.98. The number of ketones is 1. The van der Waals surface area contributed by atoms with Crippen LogP contribution < -0.4 is 10.1 Å². The maximum Gasteiger partial charge on any atom is 0.336 e. The second-order valence-corrected chi connectivity index (χ2v) is 8.27. The Morgan fingerprint density at radius 1 is 1.00 bits per heavy atom. The summed E-state index contributed by atoms with van der Waals surface area (Å²) >= 11 is 6.03. The lowest BCUT2D eigenvalue weighted by molar-refractivity contribution is -0.136. The molecule has 1 aliphatic carbocycles. The van der Waals surface area contributed by atoms with E-state index in [1.165, 1.54) is 7.11 Å². The van der Waals surface area contributed by atoms with Gasteiger partial charge in [0.25, 0.3) is 0 Å². The number of methoxy groups -OCH3 is 2. The average Bonchev–Trinajstić information content (AvgIpc) is 2.78. The van der Waals surface area contributed by atoms with Gasteiger partial charge in [-0.2, -0.15) is 0 Å². The van der Waals surface area contributed by atoms with Gasteiger partial charge in [-0.1, -0.05) is 35.9 Å². The zero-order chi connectivity index (χ0) is 22.1. The Morgan fingerprint density at radius 3 is 2.26 bits per heavy atom. The molecule has 4 rings (SSSR count). The zero-order valence-corrected chi connectivity index (χ0v) is 18.5. The number of carbonyl (C=O) groups is 2. The van der Waals surface area contributed by atoms with E-state index in [1.807, 2.05) is 55.5 Å². The lowest BCUT2D eigenvalue weighted by atomic mass is 9.72. The third-order valence-electron chi connectivity index (χ3n) is 6.02. The first-order valence-corrected chi connectivity index (χ1v) is 10.5. The molecule has 0 unspecified atom stereocenters. The molecule has 2 aromatic rings. The number of hydrogen-bond donors (Lipinski definition) is 1. The van der Waals surface area contributed by atoms with E-state index in [0.717, 1.165) is 16.8 Å². The molecule has 0 radical (unpaired) electrons. The summed E-state index contributed by atoms with van der Waals surface area (Å²) in [7, 11) is 2.96. The predicted molar refractivity (Wildman–Crippen MR) is 119 cm³/mol. The number of Topliss-reactive ketones (excluding diaryl/α,β-unsaturated/α-hetero) is 1. The van der Waals surface area contributed by atoms with Crippen LogP contribution in [0.4, 0.5) is 0 Å². The number of carbonyl (C=O) groups excluding carboxylic acids is 2. The molecule has 2 atom stereocenters. The molecule has 2 aromatic carbocycles. The van der Waals surface area contributed by atoms with E-state index in [1.54, 1.807) is 7.11 Å². The molecular formula is C25H24ClNO4. The topological polar surface area (TPSA) is 64.6 Å². The molecule has 1 N–H and O–H groups in total. The van der Waals surface area contributed by atoms with Gasteiger partial charge in [0.1, 0.15) is 5.75 Å². The molecule has 6 heteroatoms. The van der Waals surface area contributed by atoms with Crippen LogP contribution in [0.25, 0.3) is 0 Å². The summed E-state index contributed by atoms with van der Waals surface area (Å²) < 4.78 is 10.3.